The van der Waals surface area contributed by atoms with Crippen molar-refractivity contribution in [2.75, 3.05) is 20.3 Å². The van der Waals surface area contributed by atoms with Gasteiger partial charge < -0.3 is 19.7 Å². The Morgan fingerprint density at radius 2 is 2.28 bits per heavy atom. The molecular formula is C12H20N2O4. The predicted molar refractivity (Wildman–Crippen MR) is 65.2 cm³/mol. The summed E-state index contributed by atoms with van der Waals surface area (Å²) in [5.41, 5.74) is 1.54. The standard InChI is InChI=1S/C12H20N2O4/c1-8-11(9(2)18-14-8)6-12(16)13-10(4-5-15)7-17-3/h10,15H,4-7H2,1-3H3,(H,13,16). The largest absolute Gasteiger partial charge is 0.396 e. The Morgan fingerprint density at radius 3 is 2.78 bits per heavy atom. The topological polar surface area (TPSA) is 84.6 Å². The van der Waals surface area contributed by atoms with Crippen molar-refractivity contribution in [2.24, 2.45) is 0 Å². The van der Waals surface area contributed by atoms with Gasteiger partial charge in [-0.3, -0.25) is 4.79 Å². The number of aryl methyl sites for hydroxylation is 2. The highest BCUT2D eigenvalue weighted by Crippen LogP contribution is 2.12. The first-order valence-corrected chi connectivity index (χ1v) is 5.89. The second kappa shape index (κ2) is 7.13. The summed E-state index contributed by atoms with van der Waals surface area (Å²) in [4.78, 5) is 11.9. The van der Waals surface area contributed by atoms with Crippen molar-refractivity contribution < 1.29 is 19.2 Å². The fourth-order valence-electron chi connectivity index (χ4n) is 1.75. The van der Waals surface area contributed by atoms with Gasteiger partial charge in [0, 0.05) is 19.3 Å². The van der Waals surface area contributed by atoms with Crippen LogP contribution in [0, 0.1) is 13.8 Å². The zero-order chi connectivity index (χ0) is 13.5. The van der Waals surface area contributed by atoms with Crippen LogP contribution in [0.4, 0.5) is 0 Å². The highest BCUT2D eigenvalue weighted by Gasteiger charge is 2.16. The average molecular weight is 256 g/mol. The van der Waals surface area contributed by atoms with Crippen LogP contribution in [0.25, 0.3) is 0 Å². The van der Waals surface area contributed by atoms with Crippen molar-refractivity contribution in [3.8, 4) is 0 Å². The van der Waals surface area contributed by atoms with Crippen LogP contribution < -0.4 is 5.32 Å². The molecule has 0 aliphatic rings. The van der Waals surface area contributed by atoms with Crippen molar-refractivity contribution in [2.45, 2.75) is 32.7 Å². The molecule has 0 fully saturated rings. The molecule has 0 aliphatic heterocycles. The van der Waals surface area contributed by atoms with Gasteiger partial charge in [0.25, 0.3) is 0 Å². The van der Waals surface area contributed by atoms with E-state index >= 15 is 0 Å². The van der Waals surface area contributed by atoms with Crippen LogP contribution >= 0.6 is 0 Å². The molecule has 1 aromatic rings. The van der Waals surface area contributed by atoms with E-state index in [9.17, 15) is 4.79 Å². The molecule has 0 bridgehead atoms. The van der Waals surface area contributed by atoms with Gasteiger partial charge in [-0.2, -0.15) is 0 Å². The average Bonchev–Trinajstić information content (AvgIpc) is 2.61. The fraction of sp³-hybridized carbons (Fsp3) is 0.667. The zero-order valence-corrected chi connectivity index (χ0v) is 11.0. The highest BCUT2D eigenvalue weighted by atomic mass is 16.5. The molecular weight excluding hydrogens is 236 g/mol. The molecule has 1 atom stereocenters. The van der Waals surface area contributed by atoms with Crippen molar-refractivity contribution in [3.63, 3.8) is 0 Å². The molecule has 2 N–H and O–H groups in total. The van der Waals surface area contributed by atoms with E-state index in [2.05, 4.69) is 10.5 Å². The number of rotatable bonds is 7. The minimum atomic E-state index is -0.173. The maximum Gasteiger partial charge on any atom is 0.224 e. The third-order valence-corrected chi connectivity index (χ3v) is 2.73. The number of methoxy groups -OCH3 is 1. The maximum absolute atomic E-state index is 11.9. The van der Waals surface area contributed by atoms with Crippen LogP contribution in [0.2, 0.25) is 0 Å². The molecule has 1 unspecified atom stereocenters. The summed E-state index contributed by atoms with van der Waals surface area (Å²) < 4.78 is 9.98. The van der Waals surface area contributed by atoms with E-state index in [1.807, 2.05) is 0 Å². The number of nitrogens with zero attached hydrogens (tertiary/aromatic N) is 1. The van der Waals surface area contributed by atoms with Crippen molar-refractivity contribution in [3.05, 3.63) is 17.0 Å². The molecule has 0 saturated carbocycles. The van der Waals surface area contributed by atoms with E-state index in [0.29, 0.717) is 18.8 Å². The molecule has 6 nitrogen and oxygen atoms in total. The molecule has 102 valence electrons. The number of hydrogen-bond donors (Lipinski definition) is 2. The lowest BCUT2D eigenvalue weighted by atomic mass is 10.1. The zero-order valence-electron chi connectivity index (χ0n) is 11.0. The van der Waals surface area contributed by atoms with Gasteiger partial charge in [0.15, 0.2) is 0 Å². The maximum atomic E-state index is 11.9. The number of hydrogen-bond acceptors (Lipinski definition) is 5. The van der Waals surface area contributed by atoms with Gasteiger partial charge in [0.1, 0.15) is 5.76 Å². The summed E-state index contributed by atoms with van der Waals surface area (Å²) in [5, 5.41) is 15.5. The van der Waals surface area contributed by atoms with Crippen LogP contribution in [0.5, 0.6) is 0 Å². The van der Waals surface area contributed by atoms with Gasteiger partial charge >= 0.3 is 0 Å². The number of ether oxygens (including phenoxy) is 1. The Labute approximate surface area is 106 Å². The molecule has 1 rings (SSSR count). The van der Waals surface area contributed by atoms with E-state index in [4.69, 9.17) is 14.4 Å². The van der Waals surface area contributed by atoms with Gasteiger partial charge in [0.05, 0.1) is 24.8 Å². The van der Waals surface area contributed by atoms with Crippen LogP contribution in [0.3, 0.4) is 0 Å². The third-order valence-electron chi connectivity index (χ3n) is 2.73. The number of aromatic nitrogens is 1. The summed E-state index contributed by atoms with van der Waals surface area (Å²) in [6.45, 7) is 3.98. The SMILES string of the molecule is COCC(CCO)NC(=O)Cc1c(C)noc1C. The molecule has 0 saturated heterocycles. The molecule has 18 heavy (non-hydrogen) atoms. The third kappa shape index (κ3) is 4.12. The first kappa shape index (κ1) is 14.7. The second-order valence-electron chi connectivity index (χ2n) is 4.21. The Morgan fingerprint density at radius 1 is 1.56 bits per heavy atom. The highest BCUT2D eigenvalue weighted by molar-refractivity contribution is 5.79. The lowest BCUT2D eigenvalue weighted by Gasteiger charge is -2.16. The molecule has 6 heteroatoms. The van der Waals surface area contributed by atoms with Gasteiger partial charge in [-0.05, 0) is 20.3 Å². The number of carbonyl (C=O) groups excluding carboxylic acids is 1. The number of carbonyl (C=O) groups is 1. The fourth-order valence-corrected chi connectivity index (χ4v) is 1.75. The number of nitrogens with one attached hydrogen (secondary N) is 1. The molecule has 1 aromatic heterocycles. The van der Waals surface area contributed by atoms with Crippen molar-refractivity contribution >= 4 is 5.91 Å². The lowest BCUT2D eigenvalue weighted by Crippen LogP contribution is -2.39. The van der Waals surface area contributed by atoms with Crippen LogP contribution in [0.15, 0.2) is 4.52 Å². The monoisotopic (exact) mass is 256 g/mol. The summed E-state index contributed by atoms with van der Waals surface area (Å²) >= 11 is 0. The molecule has 1 amide bonds. The van der Waals surface area contributed by atoms with Crippen LogP contribution in [-0.2, 0) is 16.0 Å². The van der Waals surface area contributed by atoms with Gasteiger partial charge in [0.2, 0.25) is 5.91 Å². The summed E-state index contributed by atoms with van der Waals surface area (Å²) in [7, 11) is 1.56. The lowest BCUT2D eigenvalue weighted by molar-refractivity contribution is -0.121. The Hall–Kier alpha value is -1.40. The Balaban J connectivity index is 2.54. The van der Waals surface area contributed by atoms with Crippen LogP contribution in [0.1, 0.15) is 23.4 Å². The van der Waals surface area contributed by atoms with Gasteiger partial charge in [-0.1, -0.05) is 5.16 Å². The molecule has 0 aliphatic carbocycles. The molecule has 0 spiro atoms. The van der Waals surface area contributed by atoms with Gasteiger partial charge in [-0.15, -0.1) is 0 Å². The van der Waals surface area contributed by atoms with E-state index in [1.165, 1.54) is 0 Å². The van der Waals surface area contributed by atoms with E-state index in [-0.39, 0.29) is 25.0 Å². The molecule has 0 radical (unpaired) electrons. The second-order valence-corrected chi connectivity index (χ2v) is 4.21. The first-order chi connectivity index (χ1) is 8.58. The smallest absolute Gasteiger partial charge is 0.224 e. The predicted octanol–water partition coefficient (Wildman–Crippen LogP) is 0.348. The summed E-state index contributed by atoms with van der Waals surface area (Å²) in [6.07, 6.45) is 0.702. The van der Waals surface area contributed by atoms with Crippen molar-refractivity contribution in [1.82, 2.24) is 10.5 Å². The molecule has 0 aromatic carbocycles. The van der Waals surface area contributed by atoms with Crippen molar-refractivity contribution in [1.29, 1.82) is 0 Å². The minimum absolute atomic E-state index is 0.0135. The van der Waals surface area contributed by atoms with E-state index in [1.54, 1.807) is 21.0 Å². The van der Waals surface area contributed by atoms with Crippen LogP contribution in [-0.4, -0.2) is 42.5 Å². The summed E-state index contributed by atoms with van der Waals surface area (Å²) in [5.74, 6) is 0.535. The number of aliphatic hydroxyl groups excluding tert-OH is 1. The normalized spacial score (nSPS) is 12.4. The number of aliphatic hydroxyl groups is 1. The Kier molecular flexibility index (Phi) is 5.80. The Bertz CT molecular complexity index is 364. The van der Waals surface area contributed by atoms with Gasteiger partial charge in [-0.25, -0.2) is 0 Å². The quantitative estimate of drug-likeness (QED) is 0.735. The summed E-state index contributed by atoms with van der Waals surface area (Å²) in [6, 6.07) is -0.173. The number of amides is 1. The van der Waals surface area contributed by atoms with E-state index in [0.717, 1.165) is 11.3 Å². The first-order valence-electron chi connectivity index (χ1n) is 5.89. The molecule has 1 heterocycles. The van der Waals surface area contributed by atoms with E-state index < -0.39 is 0 Å². The minimum Gasteiger partial charge on any atom is -0.396 e.